The van der Waals surface area contributed by atoms with E-state index in [1.807, 2.05) is 0 Å². The van der Waals surface area contributed by atoms with Gasteiger partial charge in [-0.15, -0.1) is 0 Å². The van der Waals surface area contributed by atoms with Crippen LogP contribution in [0.1, 0.15) is 0 Å². The minimum absolute atomic E-state index is 0.0138. The summed E-state index contributed by atoms with van der Waals surface area (Å²) in [7, 11) is -4.62. The third-order valence-electron chi connectivity index (χ3n) is 2.52. The SMILES string of the molecule is O=C1O[C@@H](COP(=O)(O)O)CN1c1ccc(Br)c(F)c1. The molecular formula is C10H10BrFNO6P. The molecule has 110 valence electrons. The number of carbonyl (C=O) groups is 1. The monoisotopic (exact) mass is 369 g/mol. The van der Waals surface area contributed by atoms with Crippen molar-refractivity contribution in [3.63, 3.8) is 0 Å². The molecule has 2 rings (SSSR count). The Morgan fingerprint density at radius 3 is 2.85 bits per heavy atom. The van der Waals surface area contributed by atoms with E-state index in [-0.39, 0.29) is 16.7 Å². The molecule has 0 unspecified atom stereocenters. The van der Waals surface area contributed by atoms with Gasteiger partial charge in [0.2, 0.25) is 0 Å². The largest absolute Gasteiger partial charge is 0.469 e. The summed E-state index contributed by atoms with van der Waals surface area (Å²) in [5, 5.41) is 0. The van der Waals surface area contributed by atoms with Crippen molar-refractivity contribution in [2.24, 2.45) is 0 Å². The lowest BCUT2D eigenvalue weighted by atomic mass is 10.2. The number of phosphoric ester groups is 1. The third-order valence-corrected chi connectivity index (χ3v) is 3.65. The van der Waals surface area contributed by atoms with Gasteiger partial charge in [0.1, 0.15) is 11.9 Å². The normalized spacial score (nSPS) is 19.3. The van der Waals surface area contributed by atoms with Gasteiger partial charge < -0.3 is 14.5 Å². The van der Waals surface area contributed by atoms with Crippen LogP contribution in [-0.2, 0) is 13.8 Å². The number of cyclic esters (lactones) is 1. The maximum absolute atomic E-state index is 13.4. The number of carbonyl (C=O) groups excluding carboxylic acids is 1. The molecule has 0 aliphatic carbocycles. The number of rotatable bonds is 4. The Hall–Kier alpha value is -0.990. The molecule has 7 nitrogen and oxygen atoms in total. The Labute approximate surface area is 121 Å². The molecular weight excluding hydrogens is 360 g/mol. The van der Waals surface area contributed by atoms with Crippen molar-refractivity contribution in [3.8, 4) is 0 Å². The number of phosphoric acid groups is 1. The van der Waals surface area contributed by atoms with Crippen LogP contribution in [0.4, 0.5) is 14.9 Å². The Balaban J connectivity index is 2.05. The molecule has 20 heavy (non-hydrogen) atoms. The summed E-state index contributed by atoms with van der Waals surface area (Å²) in [4.78, 5) is 29.9. The average Bonchev–Trinajstić information content (AvgIpc) is 2.71. The highest BCUT2D eigenvalue weighted by atomic mass is 79.9. The van der Waals surface area contributed by atoms with Gasteiger partial charge in [0.15, 0.2) is 0 Å². The predicted molar refractivity (Wildman–Crippen MR) is 69.7 cm³/mol. The van der Waals surface area contributed by atoms with Crippen molar-refractivity contribution < 1.29 is 32.8 Å². The average molecular weight is 370 g/mol. The van der Waals surface area contributed by atoms with E-state index in [2.05, 4.69) is 20.5 Å². The first-order chi connectivity index (χ1) is 9.26. The zero-order valence-corrected chi connectivity index (χ0v) is 12.4. The smallest absolute Gasteiger partial charge is 0.441 e. The lowest BCUT2D eigenvalue weighted by molar-refractivity contribution is 0.0880. The Morgan fingerprint density at radius 1 is 1.55 bits per heavy atom. The zero-order valence-electron chi connectivity index (χ0n) is 9.90. The lowest BCUT2D eigenvalue weighted by Crippen LogP contribution is -2.25. The van der Waals surface area contributed by atoms with E-state index in [0.29, 0.717) is 0 Å². The lowest BCUT2D eigenvalue weighted by Gasteiger charge is -2.13. The summed E-state index contributed by atoms with van der Waals surface area (Å²) in [6.07, 6.45) is -1.56. The van der Waals surface area contributed by atoms with Crippen molar-refractivity contribution in [2.75, 3.05) is 18.1 Å². The molecule has 0 radical (unpaired) electrons. The van der Waals surface area contributed by atoms with E-state index in [1.54, 1.807) is 0 Å². The van der Waals surface area contributed by atoms with Crippen LogP contribution in [0.5, 0.6) is 0 Å². The number of halogens is 2. The van der Waals surface area contributed by atoms with Crippen molar-refractivity contribution in [2.45, 2.75) is 6.10 Å². The molecule has 1 aromatic rings. The second kappa shape index (κ2) is 5.79. The van der Waals surface area contributed by atoms with E-state index in [4.69, 9.17) is 14.5 Å². The second-order valence-electron chi connectivity index (χ2n) is 4.00. The van der Waals surface area contributed by atoms with Gasteiger partial charge in [-0.1, -0.05) is 0 Å². The fourth-order valence-corrected chi connectivity index (χ4v) is 2.26. The van der Waals surface area contributed by atoms with Crippen molar-refractivity contribution in [1.29, 1.82) is 0 Å². The summed E-state index contributed by atoms with van der Waals surface area (Å²) in [6.45, 7) is -0.425. The molecule has 10 heteroatoms. The third kappa shape index (κ3) is 3.77. The molecule has 1 atom stereocenters. The number of ether oxygens (including phenoxy) is 1. The molecule has 1 aliphatic heterocycles. The van der Waals surface area contributed by atoms with E-state index in [0.717, 1.165) is 11.0 Å². The van der Waals surface area contributed by atoms with Crippen molar-refractivity contribution in [3.05, 3.63) is 28.5 Å². The summed E-state index contributed by atoms with van der Waals surface area (Å²) < 4.78 is 33.4. The number of hydrogen-bond acceptors (Lipinski definition) is 4. The number of benzene rings is 1. The summed E-state index contributed by atoms with van der Waals surface area (Å²) in [5.41, 5.74) is 0.286. The van der Waals surface area contributed by atoms with Crippen LogP contribution in [0, 0.1) is 5.82 Å². The van der Waals surface area contributed by atoms with Crippen LogP contribution in [0.3, 0.4) is 0 Å². The minimum Gasteiger partial charge on any atom is -0.441 e. The molecule has 1 fully saturated rings. The first-order valence-electron chi connectivity index (χ1n) is 5.39. The fourth-order valence-electron chi connectivity index (χ4n) is 1.65. The summed E-state index contributed by atoms with van der Waals surface area (Å²) in [5.74, 6) is -0.537. The summed E-state index contributed by atoms with van der Waals surface area (Å²) >= 11 is 3.00. The van der Waals surface area contributed by atoms with E-state index in [1.165, 1.54) is 12.1 Å². The molecule has 1 amide bonds. The maximum atomic E-state index is 13.4. The first kappa shape index (κ1) is 15.4. The van der Waals surface area contributed by atoms with Gasteiger partial charge in [-0.25, -0.2) is 13.8 Å². The minimum atomic E-state index is -4.62. The summed E-state index contributed by atoms with van der Waals surface area (Å²) in [6, 6.07) is 4.11. The number of amides is 1. The van der Waals surface area contributed by atoms with E-state index >= 15 is 0 Å². The van der Waals surface area contributed by atoms with Crippen molar-refractivity contribution in [1.82, 2.24) is 0 Å². The molecule has 0 spiro atoms. The molecule has 1 heterocycles. The quantitative estimate of drug-likeness (QED) is 0.788. The van der Waals surface area contributed by atoms with Gasteiger partial charge in [-0.05, 0) is 34.1 Å². The van der Waals surface area contributed by atoms with Crippen LogP contribution in [0.15, 0.2) is 22.7 Å². The molecule has 0 bridgehead atoms. The van der Waals surface area contributed by atoms with Crippen LogP contribution in [0.2, 0.25) is 0 Å². The highest BCUT2D eigenvalue weighted by Gasteiger charge is 2.34. The van der Waals surface area contributed by atoms with Gasteiger partial charge in [0.05, 0.1) is 23.3 Å². The molecule has 0 saturated carbocycles. The second-order valence-corrected chi connectivity index (χ2v) is 6.09. The number of nitrogens with zero attached hydrogens (tertiary/aromatic N) is 1. The molecule has 1 aromatic carbocycles. The van der Waals surface area contributed by atoms with Crippen LogP contribution < -0.4 is 4.90 Å². The van der Waals surface area contributed by atoms with Crippen LogP contribution in [0.25, 0.3) is 0 Å². The van der Waals surface area contributed by atoms with Gasteiger partial charge in [0.25, 0.3) is 0 Å². The maximum Gasteiger partial charge on any atom is 0.469 e. The van der Waals surface area contributed by atoms with Gasteiger partial charge in [-0.3, -0.25) is 9.42 Å². The molecule has 2 N–H and O–H groups in total. The Morgan fingerprint density at radius 2 is 2.25 bits per heavy atom. The fraction of sp³-hybridized carbons (Fsp3) is 0.300. The molecule has 1 aliphatic rings. The van der Waals surface area contributed by atoms with Gasteiger partial charge in [0, 0.05) is 0 Å². The van der Waals surface area contributed by atoms with E-state index in [9.17, 15) is 13.8 Å². The van der Waals surface area contributed by atoms with Crippen LogP contribution >= 0.6 is 23.8 Å². The standard InChI is InChI=1S/C10H10BrFNO6P/c11-8-2-1-6(3-9(8)12)13-4-7(19-10(13)14)5-18-20(15,16)17/h1-3,7H,4-5H2,(H2,15,16,17)/t7-/m1/s1. The van der Waals surface area contributed by atoms with Gasteiger partial charge >= 0.3 is 13.9 Å². The Bertz CT molecular complexity index is 579. The zero-order chi connectivity index (χ0) is 14.9. The van der Waals surface area contributed by atoms with E-state index < -0.39 is 32.4 Å². The highest BCUT2D eigenvalue weighted by Crippen LogP contribution is 2.36. The highest BCUT2D eigenvalue weighted by molar-refractivity contribution is 9.10. The Kier molecular flexibility index (Phi) is 4.46. The van der Waals surface area contributed by atoms with Crippen molar-refractivity contribution >= 4 is 35.5 Å². The molecule has 0 aromatic heterocycles. The molecule has 1 saturated heterocycles. The topological polar surface area (TPSA) is 96.3 Å². The van der Waals surface area contributed by atoms with Crippen LogP contribution in [-0.4, -0.2) is 35.1 Å². The predicted octanol–water partition coefficient (Wildman–Crippen LogP) is 2.02. The van der Waals surface area contributed by atoms with Gasteiger partial charge in [-0.2, -0.15) is 0 Å². The number of anilines is 1. The first-order valence-corrected chi connectivity index (χ1v) is 7.72. The number of hydrogen-bond donors (Lipinski definition) is 2.